The second kappa shape index (κ2) is 4.78. The summed E-state index contributed by atoms with van der Waals surface area (Å²) in [5.74, 6) is 0.612. The fourth-order valence-corrected chi connectivity index (χ4v) is 3.58. The zero-order valence-electron chi connectivity index (χ0n) is 10.8. The molecule has 1 aromatic rings. The molecule has 20 heavy (non-hydrogen) atoms. The van der Waals surface area contributed by atoms with E-state index < -0.39 is 17.0 Å². The molecule has 0 saturated heterocycles. The van der Waals surface area contributed by atoms with Crippen LogP contribution < -0.4 is 11.1 Å². The van der Waals surface area contributed by atoms with Gasteiger partial charge in [0, 0.05) is 11.7 Å². The molecular formula is C12H16N4O3S. The van der Waals surface area contributed by atoms with E-state index in [-0.39, 0.29) is 22.7 Å². The number of nitrogens with two attached hydrogens (primary N) is 1. The third kappa shape index (κ3) is 2.40. The summed E-state index contributed by atoms with van der Waals surface area (Å²) < 4.78 is 19.7. The van der Waals surface area contributed by atoms with Gasteiger partial charge in [-0.1, -0.05) is 0 Å². The normalized spacial score (nSPS) is 28.8. The van der Waals surface area contributed by atoms with Crippen LogP contribution in [0.25, 0.3) is 0 Å². The summed E-state index contributed by atoms with van der Waals surface area (Å²) in [6, 6.07) is 0. The summed E-state index contributed by atoms with van der Waals surface area (Å²) >= 11 is -2.02. The third-order valence-corrected chi connectivity index (χ3v) is 4.64. The van der Waals surface area contributed by atoms with Crippen LogP contribution in [0, 0.1) is 5.92 Å². The van der Waals surface area contributed by atoms with E-state index in [1.54, 1.807) is 0 Å². The summed E-state index contributed by atoms with van der Waals surface area (Å²) in [7, 11) is 0. The van der Waals surface area contributed by atoms with E-state index in [9.17, 15) is 9.00 Å². The number of anilines is 1. The summed E-state index contributed by atoms with van der Waals surface area (Å²) in [6.45, 7) is 0. The van der Waals surface area contributed by atoms with E-state index in [4.69, 9.17) is 10.3 Å². The minimum atomic E-state index is -2.02. The summed E-state index contributed by atoms with van der Waals surface area (Å²) in [4.78, 5) is 19.5. The Labute approximate surface area is 118 Å². The average molecular weight is 296 g/mol. The number of primary amides is 1. The third-order valence-electron chi connectivity index (χ3n) is 4.13. The predicted molar refractivity (Wildman–Crippen MR) is 73.3 cm³/mol. The van der Waals surface area contributed by atoms with Crippen molar-refractivity contribution in [1.29, 1.82) is 0 Å². The van der Waals surface area contributed by atoms with Crippen molar-refractivity contribution in [1.82, 2.24) is 9.97 Å². The van der Waals surface area contributed by atoms with Crippen LogP contribution in [-0.2, 0) is 16.8 Å². The molecule has 3 saturated carbocycles. The monoisotopic (exact) mass is 296 g/mol. The van der Waals surface area contributed by atoms with Gasteiger partial charge in [0.1, 0.15) is 17.4 Å². The van der Waals surface area contributed by atoms with Gasteiger partial charge in [-0.2, -0.15) is 0 Å². The number of rotatable bonds is 5. The molecule has 0 spiro atoms. The average Bonchev–Trinajstić information content (AvgIpc) is 2.87. The van der Waals surface area contributed by atoms with Crippen molar-refractivity contribution in [3.05, 3.63) is 17.6 Å². The Morgan fingerprint density at radius 3 is 2.90 bits per heavy atom. The lowest BCUT2D eigenvalue weighted by atomic mass is 9.77. The molecule has 1 atom stereocenters. The summed E-state index contributed by atoms with van der Waals surface area (Å²) in [5, 5.41) is 3.31. The quantitative estimate of drug-likeness (QED) is 0.687. The molecule has 4 rings (SSSR count). The van der Waals surface area contributed by atoms with Crippen molar-refractivity contribution in [2.45, 2.75) is 37.0 Å². The molecule has 108 valence electrons. The van der Waals surface area contributed by atoms with Crippen molar-refractivity contribution < 1.29 is 13.6 Å². The first-order valence-electron chi connectivity index (χ1n) is 6.49. The van der Waals surface area contributed by atoms with Crippen LogP contribution in [0.15, 0.2) is 6.20 Å². The molecule has 1 amide bonds. The van der Waals surface area contributed by atoms with Gasteiger partial charge in [-0.3, -0.25) is 4.79 Å². The van der Waals surface area contributed by atoms with Gasteiger partial charge in [-0.05, 0) is 31.6 Å². The maximum atomic E-state index is 11.4. The lowest BCUT2D eigenvalue weighted by molar-refractivity contribution is 0.1000. The van der Waals surface area contributed by atoms with Crippen molar-refractivity contribution >= 4 is 22.8 Å². The van der Waals surface area contributed by atoms with Gasteiger partial charge in [0.25, 0.3) is 5.91 Å². The lowest BCUT2D eigenvalue weighted by Gasteiger charge is -2.40. The molecule has 3 aliphatic carbocycles. The van der Waals surface area contributed by atoms with Gasteiger partial charge in [-0.15, -0.1) is 0 Å². The first kappa shape index (κ1) is 13.4. The minimum Gasteiger partial charge on any atom is -0.365 e. The van der Waals surface area contributed by atoms with E-state index >= 15 is 0 Å². The van der Waals surface area contributed by atoms with Crippen molar-refractivity contribution in [2.24, 2.45) is 11.7 Å². The smallest absolute Gasteiger partial charge is 0.254 e. The fraction of sp³-hybridized carbons (Fsp3) is 0.583. The molecule has 1 aromatic heterocycles. The Morgan fingerprint density at radius 2 is 2.35 bits per heavy atom. The van der Waals surface area contributed by atoms with Crippen LogP contribution in [0.1, 0.15) is 41.9 Å². The maximum Gasteiger partial charge on any atom is 0.254 e. The van der Waals surface area contributed by atoms with E-state index in [0.29, 0.717) is 5.82 Å². The molecule has 3 fully saturated rings. The highest BCUT2D eigenvalue weighted by atomic mass is 32.2. The van der Waals surface area contributed by atoms with Gasteiger partial charge in [0.2, 0.25) is 0 Å². The van der Waals surface area contributed by atoms with Gasteiger partial charge in [0.05, 0.1) is 5.56 Å². The molecule has 4 N–H and O–H groups in total. The van der Waals surface area contributed by atoms with E-state index in [0.717, 1.165) is 25.2 Å². The van der Waals surface area contributed by atoms with E-state index in [1.165, 1.54) is 12.6 Å². The molecule has 2 bridgehead atoms. The number of carbonyl (C=O) groups is 1. The fourth-order valence-electron chi connectivity index (χ4n) is 3.22. The van der Waals surface area contributed by atoms with Crippen LogP contribution >= 0.6 is 0 Å². The van der Waals surface area contributed by atoms with Crippen LogP contribution in [0.3, 0.4) is 0 Å². The number of nitrogens with one attached hydrogen (secondary N) is 1. The highest BCUT2D eigenvalue weighted by Crippen LogP contribution is 2.53. The van der Waals surface area contributed by atoms with Gasteiger partial charge >= 0.3 is 0 Å². The highest BCUT2D eigenvalue weighted by Gasteiger charge is 2.50. The topological polar surface area (TPSA) is 118 Å². The van der Waals surface area contributed by atoms with Crippen LogP contribution in [0.5, 0.6) is 0 Å². The Kier molecular flexibility index (Phi) is 3.21. The predicted octanol–water partition coefficient (Wildman–Crippen LogP) is 0.652. The minimum absolute atomic E-state index is 0.0128. The second-order valence-corrected chi connectivity index (χ2v) is 6.53. The van der Waals surface area contributed by atoms with Crippen molar-refractivity contribution in [3.63, 3.8) is 0 Å². The number of aromatic nitrogens is 2. The Bertz CT molecular complexity index is 581. The molecule has 3 aliphatic rings. The number of hydrogen-bond acceptors (Lipinski definition) is 5. The summed E-state index contributed by atoms with van der Waals surface area (Å²) in [5.41, 5.74) is 5.56. The van der Waals surface area contributed by atoms with Crippen molar-refractivity contribution in [3.8, 4) is 0 Å². The number of hydrogen-bond donors (Lipinski definition) is 3. The second-order valence-electron chi connectivity index (χ2n) is 5.60. The molecule has 1 unspecified atom stereocenters. The van der Waals surface area contributed by atoms with Crippen LogP contribution in [0.2, 0.25) is 0 Å². The Balaban J connectivity index is 1.89. The Morgan fingerprint density at radius 1 is 1.60 bits per heavy atom. The molecule has 7 nitrogen and oxygen atoms in total. The van der Waals surface area contributed by atoms with Crippen molar-refractivity contribution in [2.75, 3.05) is 5.32 Å². The van der Waals surface area contributed by atoms with Gasteiger partial charge in [0.15, 0.2) is 11.1 Å². The lowest BCUT2D eigenvalue weighted by Crippen LogP contribution is -2.43. The zero-order valence-corrected chi connectivity index (χ0v) is 11.7. The zero-order chi connectivity index (χ0) is 14.3. The largest absolute Gasteiger partial charge is 0.365 e. The molecule has 0 aliphatic heterocycles. The number of amides is 1. The number of carbonyl (C=O) groups excluding carboxylic acids is 1. The van der Waals surface area contributed by atoms with Gasteiger partial charge in [-0.25, -0.2) is 14.2 Å². The van der Waals surface area contributed by atoms with E-state index in [2.05, 4.69) is 15.3 Å². The first-order valence-corrected chi connectivity index (χ1v) is 7.76. The molecule has 1 heterocycles. The number of fused-ring (bicyclic) bond motifs is 1. The Hall–Kier alpha value is -1.54. The van der Waals surface area contributed by atoms with Gasteiger partial charge < -0.3 is 15.6 Å². The molecule has 0 aromatic carbocycles. The highest BCUT2D eigenvalue weighted by molar-refractivity contribution is 7.78. The standard InChI is InChI=1S/C12H16N4O3S/c13-10(17)8-5-14-9(6-20(18)19)15-11(8)16-12-2-1-7(3-12)4-12/h5,7H,1-4,6H2,(H2,13,17)(H,18,19)(H,14,15,16). The number of nitrogens with zero attached hydrogens (tertiary/aromatic N) is 2. The molecule has 0 radical (unpaired) electrons. The SMILES string of the molecule is NC(=O)c1cnc(CS(=O)O)nc1NC12CCC(C1)C2. The van der Waals surface area contributed by atoms with E-state index in [1.807, 2.05) is 0 Å². The first-order chi connectivity index (χ1) is 9.47. The summed E-state index contributed by atoms with van der Waals surface area (Å²) in [6.07, 6.45) is 5.73. The van der Waals surface area contributed by atoms with Crippen LogP contribution in [-0.4, -0.2) is 30.2 Å². The molecular weight excluding hydrogens is 280 g/mol. The molecule has 8 heteroatoms. The van der Waals surface area contributed by atoms with Crippen LogP contribution in [0.4, 0.5) is 5.82 Å². The maximum absolute atomic E-state index is 11.4.